The van der Waals surface area contributed by atoms with Gasteiger partial charge >= 0.3 is 5.97 Å². The average molecular weight is 332 g/mol. The standard InChI is InChI=1S/C19H28N2O3/c1-13-6-7-15(12-19(2,20)11-10-13)17(22)21-16-5-3-4-14(8-9-16)18(23)24/h6-7,10-14,16H,3-5,8-9,20H2,1-2H3,(H,21,22)(H,23,24)/b7-6-,11-10-,15-12+. The predicted molar refractivity (Wildman–Crippen MR) is 94.3 cm³/mol. The maximum absolute atomic E-state index is 12.6. The molecule has 0 saturated heterocycles. The van der Waals surface area contributed by atoms with Gasteiger partial charge in [0.15, 0.2) is 0 Å². The fraction of sp³-hybridized carbons (Fsp3) is 0.579. The molecular formula is C19H28N2O3. The number of carboxylic acid groups (broad SMARTS) is 1. The van der Waals surface area contributed by atoms with Crippen molar-refractivity contribution in [1.29, 1.82) is 0 Å². The number of hydrogen-bond donors (Lipinski definition) is 3. The minimum absolute atomic E-state index is 0.0265. The Bertz CT molecular complexity index is 575. The Labute approximate surface area is 143 Å². The quantitative estimate of drug-likeness (QED) is 0.547. The second kappa shape index (κ2) is 7.79. The molecule has 2 aliphatic rings. The number of nitrogens with two attached hydrogens (primary N) is 1. The summed E-state index contributed by atoms with van der Waals surface area (Å²) < 4.78 is 0. The van der Waals surface area contributed by atoms with Crippen LogP contribution in [-0.4, -0.2) is 28.6 Å². The lowest BCUT2D eigenvalue weighted by atomic mass is 9.93. The zero-order chi connectivity index (χ0) is 17.7. The van der Waals surface area contributed by atoms with Gasteiger partial charge in [-0.15, -0.1) is 0 Å². The van der Waals surface area contributed by atoms with E-state index in [1.54, 1.807) is 6.08 Å². The summed E-state index contributed by atoms with van der Waals surface area (Å²) in [6, 6.07) is 0.0265. The first kappa shape index (κ1) is 18.5. The first-order valence-corrected chi connectivity index (χ1v) is 8.70. The third kappa shape index (κ3) is 5.34. The maximum Gasteiger partial charge on any atom is 0.306 e. The lowest BCUT2D eigenvalue weighted by molar-refractivity contribution is -0.142. The summed E-state index contributed by atoms with van der Waals surface area (Å²) in [5.41, 5.74) is 6.11. The maximum atomic E-state index is 12.6. The molecule has 0 spiro atoms. The van der Waals surface area contributed by atoms with E-state index in [9.17, 15) is 9.59 Å². The highest BCUT2D eigenvalue weighted by atomic mass is 16.4. The van der Waals surface area contributed by atoms with E-state index in [0.717, 1.165) is 12.8 Å². The molecule has 0 radical (unpaired) electrons. The van der Waals surface area contributed by atoms with E-state index < -0.39 is 11.5 Å². The summed E-state index contributed by atoms with van der Waals surface area (Å²) >= 11 is 0. The van der Waals surface area contributed by atoms with Crippen molar-refractivity contribution in [2.45, 2.75) is 57.5 Å². The summed E-state index contributed by atoms with van der Waals surface area (Å²) in [6.45, 7) is 3.91. The van der Waals surface area contributed by atoms with Crippen molar-refractivity contribution in [3.8, 4) is 0 Å². The Balaban J connectivity index is 2.04. The van der Waals surface area contributed by atoms with Crippen LogP contribution in [0.15, 0.2) is 36.0 Å². The molecule has 0 aromatic rings. The molecule has 1 fully saturated rings. The van der Waals surface area contributed by atoms with E-state index in [0.29, 0.717) is 24.8 Å². The molecule has 0 aliphatic heterocycles. The normalized spacial score (nSPS) is 38.6. The Morgan fingerprint density at radius 1 is 1.25 bits per heavy atom. The minimum atomic E-state index is -0.729. The van der Waals surface area contributed by atoms with Crippen molar-refractivity contribution in [3.05, 3.63) is 36.0 Å². The van der Waals surface area contributed by atoms with Crippen molar-refractivity contribution >= 4 is 11.9 Å². The Hall–Kier alpha value is -1.88. The molecule has 0 aromatic heterocycles. The van der Waals surface area contributed by atoms with Crippen LogP contribution in [0.25, 0.3) is 0 Å². The lowest BCUT2D eigenvalue weighted by Crippen LogP contribution is -2.38. The SMILES string of the molecule is CC1/C=C\C(C(=O)NC2CCCC(C(=O)O)CC2)=C/C(C)(N)/C=C\1. The summed E-state index contributed by atoms with van der Waals surface area (Å²) in [4.78, 5) is 23.8. The molecule has 5 nitrogen and oxygen atoms in total. The number of amides is 1. The summed E-state index contributed by atoms with van der Waals surface area (Å²) in [7, 11) is 0. The van der Waals surface area contributed by atoms with Crippen LogP contribution in [0.5, 0.6) is 0 Å². The highest BCUT2D eigenvalue weighted by Crippen LogP contribution is 2.24. The molecule has 1 saturated carbocycles. The number of carbonyl (C=O) groups excluding carboxylic acids is 1. The molecule has 4 atom stereocenters. The molecule has 4 N–H and O–H groups in total. The summed E-state index contributed by atoms with van der Waals surface area (Å²) in [6.07, 6.45) is 13.2. The topological polar surface area (TPSA) is 92.4 Å². The molecule has 132 valence electrons. The zero-order valence-corrected chi connectivity index (χ0v) is 14.5. The highest BCUT2D eigenvalue weighted by Gasteiger charge is 2.25. The lowest BCUT2D eigenvalue weighted by Gasteiger charge is -2.21. The van der Waals surface area contributed by atoms with Crippen molar-refractivity contribution in [1.82, 2.24) is 5.32 Å². The smallest absolute Gasteiger partial charge is 0.306 e. The molecule has 4 unspecified atom stereocenters. The van der Waals surface area contributed by atoms with Crippen LogP contribution in [0.2, 0.25) is 0 Å². The Kier molecular flexibility index (Phi) is 5.99. The van der Waals surface area contributed by atoms with Crippen LogP contribution in [0, 0.1) is 11.8 Å². The molecule has 2 rings (SSSR count). The second-order valence-corrected chi connectivity index (χ2v) is 7.26. The molecule has 0 heterocycles. The van der Waals surface area contributed by atoms with Gasteiger partial charge in [-0.3, -0.25) is 9.59 Å². The highest BCUT2D eigenvalue weighted by molar-refractivity contribution is 5.96. The summed E-state index contributed by atoms with van der Waals surface area (Å²) in [5, 5.41) is 12.2. The number of rotatable bonds is 3. The molecule has 1 amide bonds. The monoisotopic (exact) mass is 332 g/mol. The molecule has 5 heteroatoms. The third-order valence-corrected chi connectivity index (χ3v) is 4.72. The number of allylic oxidation sites excluding steroid dienone is 2. The first-order chi connectivity index (χ1) is 11.3. The largest absolute Gasteiger partial charge is 0.481 e. The van der Waals surface area contributed by atoms with Gasteiger partial charge in [-0.2, -0.15) is 0 Å². The van der Waals surface area contributed by atoms with Crippen LogP contribution < -0.4 is 11.1 Å². The number of carboxylic acids is 1. The van der Waals surface area contributed by atoms with Gasteiger partial charge < -0.3 is 16.2 Å². The van der Waals surface area contributed by atoms with Crippen LogP contribution in [0.3, 0.4) is 0 Å². The number of nitrogens with one attached hydrogen (secondary N) is 1. The van der Waals surface area contributed by atoms with E-state index in [1.807, 2.05) is 38.2 Å². The average Bonchev–Trinajstić information content (AvgIpc) is 2.73. The van der Waals surface area contributed by atoms with Crippen molar-refractivity contribution < 1.29 is 14.7 Å². The number of aliphatic carboxylic acids is 1. The van der Waals surface area contributed by atoms with Gasteiger partial charge in [0.1, 0.15) is 0 Å². The van der Waals surface area contributed by atoms with Gasteiger partial charge in [0.25, 0.3) is 5.91 Å². The van der Waals surface area contributed by atoms with Gasteiger partial charge in [0.2, 0.25) is 0 Å². The fourth-order valence-corrected chi connectivity index (χ4v) is 3.21. The van der Waals surface area contributed by atoms with Crippen LogP contribution >= 0.6 is 0 Å². The molecule has 2 aliphatic carbocycles. The summed E-state index contributed by atoms with van der Waals surface area (Å²) in [5.74, 6) is -0.930. The fourth-order valence-electron chi connectivity index (χ4n) is 3.21. The van der Waals surface area contributed by atoms with Gasteiger partial charge in [0, 0.05) is 11.6 Å². The van der Waals surface area contributed by atoms with Crippen molar-refractivity contribution in [2.75, 3.05) is 0 Å². The van der Waals surface area contributed by atoms with Crippen LogP contribution in [0.1, 0.15) is 46.0 Å². The van der Waals surface area contributed by atoms with E-state index in [2.05, 4.69) is 5.32 Å². The van der Waals surface area contributed by atoms with E-state index in [-0.39, 0.29) is 23.8 Å². The van der Waals surface area contributed by atoms with Gasteiger partial charge in [-0.25, -0.2) is 0 Å². The first-order valence-electron chi connectivity index (χ1n) is 8.70. The van der Waals surface area contributed by atoms with Gasteiger partial charge in [0.05, 0.1) is 11.5 Å². The van der Waals surface area contributed by atoms with Gasteiger partial charge in [-0.05, 0) is 44.6 Å². The van der Waals surface area contributed by atoms with Crippen LogP contribution in [-0.2, 0) is 9.59 Å². The van der Waals surface area contributed by atoms with E-state index in [4.69, 9.17) is 10.8 Å². The second-order valence-electron chi connectivity index (χ2n) is 7.26. The molecule has 24 heavy (non-hydrogen) atoms. The molecule has 0 bridgehead atoms. The minimum Gasteiger partial charge on any atom is -0.481 e. The Morgan fingerprint density at radius 3 is 2.71 bits per heavy atom. The number of hydrogen-bond acceptors (Lipinski definition) is 3. The number of carbonyl (C=O) groups is 2. The Morgan fingerprint density at radius 2 is 2.00 bits per heavy atom. The van der Waals surface area contributed by atoms with Gasteiger partial charge in [-0.1, -0.05) is 37.6 Å². The third-order valence-electron chi connectivity index (χ3n) is 4.72. The van der Waals surface area contributed by atoms with Crippen molar-refractivity contribution in [3.63, 3.8) is 0 Å². The molecular weight excluding hydrogens is 304 g/mol. The van der Waals surface area contributed by atoms with E-state index in [1.165, 1.54) is 0 Å². The van der Waals surface area contributed by atoms with Crippen LogP contribution in [0.4, 0.5) is 0 Å². The predicted octanol–water partition coefficient (Wildman–Crippen LogP) is 2.54. The van der Waals surface area contributed by atoms with E-state index >= 15 is 0 Å². The zero-order valence-electron chi connectivity index (χ0n) is 14.5. The van der Waals surface area contributed by atoms with Crippen molar-refractivity contribution in [2.24, 2.45) is 17.6 Å². The molecule has 0 aromatic carbocycles.